The van der Waals surface area contributed by atoms with Gasteiger partial charge in [0, 0.05) is 32.4 Å². The van der Waals surface area contributed by atoms with Crippen molar-refractivity contribution in [2.75, 3.05) is 39.4 Å². The Hall–Kier alpha value is -2.23. The van der Waals surface area contributed by atoms with Gasteiger partial charge < -0.3 is 19.3 Å². The molecule has 0 aromatic rings. The van der Waals surface area contributed by atoms with Crippen LogP contribution in [0.15, 0.2) is 11.8 Å². The van der Waals surface area contributed by atoms with Gasteiger partial charge in [-0.25, -0.2) is 9.59 Å². The Kier molecular flexibility index (Phi) is 6.37. The highest BCUT2D eigenvalue weighted by Crippen LogP contribution is 2.07. The molecule has 1 fully saturated rings. The van der Waals surface area contributed by atoms with E-state index in [1.807, 2.05) is 11.0 Å². The van der Waals surface area contributed by atoms with Crippen molar-refractivity contribution in [2.24, 2.45) is 0 Å². The van der Waals surface area contributed by atoms with Gasteiger partial charge in [-0.15, -0.1) is 0 Å². The molecule has 0 aromatic heterocycles. The lowest BCUT2D eigenvalue weighted by atomic mass is 10.3. The first kappa shape index (κ1) is 15.8. The average Bonchev–Trinajstić information content (AvgIpc) is 2.45. The number of amides is 1. The molecule has 110 valence electrons. The summed E-state index contributed by atoms with van der Waals surface area (Å²) in [5.74, 6) is -0.622. The zero-order chi connectivity index (χ0) is 15.0. The van der Waals surface area contributed by atoms with Gasteiger partial charge in [0.1, 0.15) is 6.07 Å². The lowest BCUT2D eigenvalue weighted by Crippen LogP contribution is -2.47. The van der Waals surface area contributed by atoms with Crippen LogP contribution in [0.4, 0.5) is 4.79 Å². The fraction of sp³-hybridized carbons (Fsp3) is 0.615. The zero-order valence-electron chi connectivity index (χ0n) is 11.8. The van der Waals surface area contributed by atoms with Crippen LogP contribution in [0.3, 0.4) is 0 Å². The number of hydrogen-bond donors (Lipinski definition) is 0. The van der Waals surface area contributed by atoms with E-state index in [2.05, 4.69) is 0 Å². The third kappa shape index (κ3) is 4.46. The fourth-order valence-electron chi connectivity index (χ4n) is 1.77. The maximum Gasteiger partial charge on any atom is 0.409 e. The second kappa shape index (κ2) is 8.04. The second-order valence-corrected chi connectivity index (χ2v) is 4.10. The van der Waals surface area contributed by atoms with Crippen LogP contribution in [-0.4, -0.2) is 61.3 Å². The van der Waals surface area contributed by atoms with Crippen molar-refractivity contribution in [3.05, 3.63) is 11.8 Å². The van der Waals surface area contributed by atoms with Gasteiger partial charge in [0.05, 0.1) is 13.2 Å². The molecule has 7 heteroatoms. The molecule has 7 nitrogen and oxygen atoms in total. The van der Waals surface area contributed by atoms with Crippen LogP contribution in [0, 0.1) is 11.3 Å². The molecule has 0 spiro atoms. The summed E-state index contributed by atoms with van der Waals surface area (Å²) in [5.41, 5.74) is -0.0311. The predicted molar refractivity (Wildman–Crippen MR) is 70.5 cm³/mol. The van der Waals surface area contributed by atoms with Crippen molar-refractivity contribution in [3.8, 4) is 6.07 Å². The van der Waals surface area contributed by atoms with E-state index in [1.54, 1.807) is 18.7 Å². The number of hydrogen-bond acceptors (Lipinski definition) is 6. The van der Waals surface area contributed by atoms with Crippen LogP contribution in [0.1, 0.15) is 13.8 Å². The smallest absolute Gasteiger partial charge is 0.409 e. The van der Waals surface area contributed by atoms with E-state index >= 15 is 0 Å². The molecule has 1 heterocycles. The Morgan fingerprint density at radius 2 is 1.75 bits per heavy atom. The Morgan fingerprint density at radius 1 is 1.15 bits per heavy atom. The van der Waals surface area contributed by atoms with E-state index in [9.17, 15) is 9.59 Å². The molecule has 0 atom stereocenters. The molecule has 1 rings (SSSR count). The minimum absolute atomic E-state index is 0.0311. The molecule has 0 N–H and O–H groups in total. The van der Waals surface area contributed by atoms with Crippen LogP contribution in [0.5, 0.6) is 0 Å². The van der Waals surface area contributed by atoms with E-state index in [0.29, 0.717) is 32.8 Å². The van der Waals surface area contributed by atoms with E-state index in [0.717, 1.165) is 0 Å². The molecule has 1 saturated heterocycles. The molecule has 1 aliphatic rings. The number of nitriles is 1. The lowest BCUT2D eigenvalue weighted by Gasteiger charge is -2.33. The summed E-state index contributed by atoms with van der Waals surface area (Å²) < 4.78 is 9.70. The minimum Gasteiger partial charge on any atom is -0.462 e. The molecule has 1 aliphatic heterocycles. The third-order valence-corrected chi connectivity index (χ3v) is 2.77. The summed E-state index contributed by atoms with van der Waals surface area (Å²) in [5, 5.41) is 8.93. The molecule has 1 amide bonds. The summed E-state index contributed by atoms with van der Waals surface area (Å²) in [6.45, 7) is 6.11. The minimum atomic E-state index is -0.622. The Morgan fingerprint density at radius 3 is 2.25 bits per heavy atom. The number of esters is 1. The summed E-state index contributed by atoms with van der Waals surface area (Å²) in [6, 6.07) is 1.83. The quantitative estimate of drug-likeness (QED) is 0.429. The van der Waals surface area contributed by atoms with Gasteiger partial charge in [-0.2, -0.15) is 5.26 Å². The number of carbonyl (C=O) groups is 2. The van der Waals surface area contributed by atoms with Crippen molar-refractivity contribution in [3.63, 3.8) is 0 Å². The summed E-state index contributed by atoms with van der Waals surface area (Å²) in [6.07, 6.45) is 1.16. The summed E-state index contributed by atoms with van der Waals surface area (Å²) in [4.78, 5) is 26.4. The van der Waals surface area contributed by atoms with Crippen LogP contribution < -0.4 is 0 Å². The van der Waals surface area contributed by atoms with E-state index in [4.69, 9.17) is 14.7 Å². The molecule has 0 radical (unpaired) electrons. The SMILES string of the molecule is CCOC(=O)/C(C#N)=C/N1CCN(C(=O)OCC)CC1. The third-order valence-electron chi connectivity index (χ3n) is 2.77. The number of rotatable bonds is 4. The maximum absolute atomic E-state index is 11.5. The number of nitrogens with zero attached hydrogens (tertiary/aromatic N) is 3. The van der Waals surface area contributed by atoms with Gasteiger partial charge in [-0.05, 0) is 13.8 Å². The first-order valence-electron chi connectivity index (χ1n) is 6.57. The molecular formula is C13H19N3O4. The van der Waals surface area contributed by atoms with Crippen molar-refractivity contribution >= 4 is 12.1 Å². The number of piperazine rings is 1. The van der Waals surface area contributed by atoms with Gasteiger partial charge in [0.2, 0.25) is 0 Å². The van der Waals surface area contributed by atoms with Crippen LogP contribution in [0.2, 0.25) is 0 Å². The molecule has 0 unspecified atom stereocenters. The second-order valence-electron chi connectivity index (χ2n) is 4.10. The number of ether oxygens (including phenoxy) is 2. The van der Waals surface area contributed by atoms with Gasteiger partial charge in [-0.3, -0.25) is 0 Å². The van der Waals surface area contributed by atoms with E-state index in [1.165, 1.54) is 6.20 Å². The van der Waals surface area contributed by atoms with Gasteiger partial charge >= 0.3 is 12.1 Å². The first-order chi connectivity index (χ1) is 9.62. The molecule has 0 aliphatic carbocycles. The Balaban J connectivity index is 2.54. The molecule has 20 heavy (non-hydrogen) atoms. The molecule has 0 bridgehead atoms. The lowest BCUT2D eigenvalue weighted by molar-refractivity contribution is -0.138. The van der Waals surface area contributed by atoms with E-state index in [-0.39, 0.29) is 18.3 Å². The average molecular weight is 281 g/mol. The van der Waals surface area contributed by atoms with Crippen LogP contribution in [-0.2, 0) is 14.3 Å². The van der Waals surface area contributed by atoms with Crippen molar-refractivity contribution in [2.45, 2.75) is 13.8 Å². The normalized spacial score (nSPS) is 15.6. The monoisotopic (exact) mass is 281 g/mol. The molecule has 0 aromatic carbocycles. The first-order valence-corrected chi connectivity index (χ1v) is 6.57. The van der Waals surface area contributed by atoms with Crippen LogP contribution in [0.25, 0.3) is 0 Å². The van der Waals surface area contributed by atoms with Crippen LogP contribution >= 0.6 is 0 Å². The highest BCUT2D eigenvalue weighted by Gasteiger charge is 2.21. The Labute approximate surface area is 118 Å². The summed E-state index contributed by atoms with van der Waals surface area (Å²) in [7, 11) is 0. The summed E-state index contributed by atoms with van der Waals surface area (Å²) >= 11 is 0. The Bertz CT molecular complexity index is 420. The van der Waals surface area contributed by atoms with Crippen molar-refractivity contribution < 1.29 is 19.1 Å². The standard InChI is InChI=1S/C13H19N3O4/c1-3-19-12(17)11(9-14)10-15-5-7-16(8-6-15)13(18)20-4-2/h10H,3-8H2,1-2H3/b11-10+. The van der Waals surface area contributed by atoms with Gasteiger partial charge in [0.15, 0.2) is 5.57 Å². The van der Waals surface area contributed by atoms with Gasteiger partial charge in [0.25, 0.3) is 0 Å². The fourth-order valence-corrected chi connectivity index (χ4v) is 1.77. The largest absolute Gasteiger partial charge is 0.462 e. The predicted octanol–water partition coefficient (Wildman–Crippen LogP) is 0.731. The molecule has 0 saturated carbocycles. The zero-order valence-corrected chi connectivity index (χ0v) is 11.8. The van der Waals surface area contributed by atoms with Gasteiger partial charge in [-0.1, -0.05) is 0 Å². The van der Waals surface area contributed by atoms with E-state index < -0.39 is 5.97 Å². The maximum atomic E-state index is 11.5. The van der Waals surface area contributed by atoms with Crippen molar-refractivity contribution in [1.82, 2.24) is 9.80 Å². The number of carbonyl (C=O) groups excluding carboxylic acids is 2. The molecular weight excluding hydrogens is 262 g/mol. The highest BCUT2D eigenvalue weighted by atomic mass is 16.6. The topological polar surface area (TPSA) is 82.9 Å². The highest BCUT2D eigenvalue weighted by molar-refractivity contribution is 5.92. The van der Waals surface area contributed by atoms with Crippen molar-refractivity contribution in [1.29, 1.82) is 5.26 Å².